The van der Waals surface area contributed by atoms with E-state index in [4.69, 9.17) is 9.47 Å². The molecule has 2 unspecified atom stereocenters. The SMILES string of the molecule is COc1ccc(OC)c(C(O)CC2CCCCCN2)c1. The van der Waals surface area contributed by atoms with Gasteiger partial charge in [0.2, 0.25) is 0 Å². The molecule has 4 nitrogen and oxygen atoms in total. The summed E-state index contributed by atoms with van der Waals surface area (Å²) in [6, 6.07) is 5.93. The quantitative estimate of drug-likeness (QED) is 0.870. The molecule has 0 aromatic heterocycles. The molecule has 0 bridgehead atoms. The fraction of sp³-hybridized carbons (Fsp3) is 0.625. The molecule has 4 heteroatoms. The smallest absolute Gasteiger partial charge is 0.124 e. The summed E-state index contributed by atoms with van der Waals surface area (Å²) < 4.78 is 10.6. The molecule has 1 aromatic rings. The lowest BCUT2D eigenvalue weighted by Gasteiger charge is -2.21. The van der Waals surface area contributed by atoms with Gasteiger partial charge in [0.05, 0.1) is 20.3 Å². The monoisotopic (exact) mass is 279 g/mol. The second-order valence-electron chi connectivity index (χ2n) is 5.36. The predicted molar refractivity (Wildman–Crippen MR) is 79.4 cm³/mol. The van der Waals surface area contributed by atoms with Crippen molar-refractivity contribution in [2.24, 2.45) is 0 Å². The van der Waals surface area contributed by atoms with Crippen molar-refractivity contribution in [3.05, 3.63) is 23.8 Å². The fourth-order valence-corrected chi connectivity index (χ4v) is 2.80. The molecule has 2 N–H and O–H groups in total. The van der Waals surface area contributed by atoms with Crippen molar-refractivity contribution >= 4 is 0 Å². The van der Waals surface area contributed by atoms with Gasteiger partial charge >= 0.3 is 0 Å². The molecule has 1 aromatic carbocycles. The van der Waals surface area contributed by atoms with Gasteiger partial charge in [0.15, 0.2) is 0 Å². The van der Waals surface area contributed by atoms with Crippen LogP contribution in [-0.4, -0.2) is 31.9 Å². The highest BCUT2D eigenvalue weighted by Gasteiger charge is 2.20. The van der Waals surface area contributed by atoms with Gasteiger partial charge in [-0.25, -0.2) is 0 Å². The molecule has 0 spiro atoms. The van der Waals surface area contributed by atoms with E-state index < -0.39 is 6.10 Å². The Morgan fingerprint density at radius 3 is 2.85 bits per heavy atom. The standard InChI is InChI=1S/C16H25NO3/c1-19-13-7-8-16(20-2)14(11-13)15(18)10-12-6-4-3-5-9-17-12/h7-8,11-12,15,17-18H,3-6,9-10H2,1-2H3. The van der Waals surface area contributed by atoms with Gasteiger partial charge in [0.25, 0.3) is 0 Å². The van der Waals surface area contributed by atoms with E-state index in [1.54, 1.807) is 14.2 Å². The van der Waals surface area contributed by atoms with Gasteiger partial charge in [0, 0.05) is 11.6 Å². The summed E-state index contributed by atoms with van der Waals surface area (Å²) in [4.78, 5) is 0. The van der Waals surface area contributed by atoms with E-state index in [9.17, 15) is 5.11 Å². The normalized spacial score (nSPS) is 21.1. The first-order valence-electron chi connectivity index (χ1n) is 7.38. The summed E-state index contributed by atoms with van der Waals surface area (Å²) in [5.41, 5.74) is 0.804. The van der Waals surface area contributed by atoms with Crippen LogP contribution < -0.4 is 14.8 Å². The second kappa shape index (κ2) is 7.50. The van der Waals surface area contributed by atoms with Crippen LogP contribution in [0.5, 0.6) is 11.5 Å². The fourth-order valence-electron chi connectivity index (χ4n) is 2.80. The Labute approximate surface area is 121 Å². The molecule has 1 heterocycles. The van der Waals surface area contributed by atoms with Crippen LogP contribution in [0.25, 0.3) is 0 Å². The van der Waals surface area contributed by atoms with Crippen molar-refractivity contribution in [1.82, 2.24) is 5.32 Å². The predicted octanol–water partition coefficient (Wildman–Crippen LogP) is 2.66. The van der Waals surface area contributed by atoms with Crippen molar-refractivity contribution < 1.29 is 14.6 Å². The zero-order valence-corrected chi connectivity index (χ0v) is 12.4. The Balaban J connectivity index is 2.08. The first kappa shape index (κ1) is 15.1. The highest BCUT2D eigenvalue weighted by atomic mass is 16.5. The lowest BCUT2D eigenvalue weighted by molar-refractivity contribution is 0.146. The average molecular weight is 279 g/mol. The van der Waals surface area contributed by atoms with Gasteiger partial charge in [-0.05, 0) is 44.0 Å². The van der Waals surface area contributed by atoms with E-state index in [-0.39, 0.29) is 0 Å². The molecule has 1 aliphatic heterocycles. The van der Waals surface area contributed by atoms with E-state index in [0.717, 1.165) is 24.3 Å². The minimum absolute atomic E-state index is 0.378. The van der Waals surface area contributed by atoms with Crippen LogP contribution in [0.4, 0.5) is 0 Å². The molecule has 2 atom stereocenters. The number of ether oxygens (including phenoxy) is 2. The number of methoxy groups -OCH3 is 2. The minimum atomic E-state index is -0.532. The highest BCUT2D eigenvalue weighted by Crippen LogP contribution is 2.32. The molecule has 20 heavy (non-hydrogen) atoms. The molecule has 1 aliphatic rings. The van der Waals surface area contributed by atoms with Crippen LogP contribution in [0.3, 0.4) is 0 Å². The Kier molecular flexibility index (Phi) is 5.68. The molecular formula is C16H25NO3. The third kappa shape index (κ3) is 3.87. The summed E-state index contributed by atoms with van der Waals surface area (Å²) in [6.07, 6.45) is 5.06. The van der Waals surface area contributed by atoms with Crippen LogP contribution in [0.15, 0.2) is 18.2 Å². The van der Waals surface area contributed by atoms with Gasteiger partial charge in [-0.2, -0.15) is 0 Å². The summed E-state index contributed by atoms with van der Waals surface area (Å²) in [7, 11) is 3.26. The zero-order chi connectivity index (χ0) is 14.4. The minimum Gasteiger partial charge on any atom is -0.497 e. The molecule has 0 radical (unpaired) electrons. The van der Waals surface area contributed by atoms with E-state index in [1.165, 1.54) is 19.3 Å². The summed E-state index contributed by atoms with van der Waals surface area (Å²) in [5, 5.41) is 14.0. The van der Waals surface area contributed by atoms with Crippen molar-refractivity contribution in [3.63, 3.8) is 0 Å². The average Bonchev–Trinajstić information content (AvgIpc) is 2.75. The van der Waals surface area contributed by atoms with Crippen LogP contribution in [0.2, 0.25) is 0 Å². The number of hydrogen-bond donors (Lipinski definition) is 2. The highest BCUT2D eigenvalue weighted by molar-refractivity contribution is 5.41. The van der Waals surface area contributed by atoms with E-state index in [0.29, 0.717) is 18.2 Å². The van der Waals surface area contributed by atoms with Crippen molar-refractivity contribution in [1.29, 1.82) is 0 Å². The maximum atomic E-state index is 10.5. The molecule has 1 fully saturated rings. The Morgan fingerprint density at radius 2 is 2.10 bits per heavy atom. The lowest BCUT2D eigenvalue weighted by Crippen LogP contribution is -2.30. The zero-order valence-electron chi connectivity index (χ0n) is 12.4. The summed E-state index contributed by atoms with van der Waals surface area (Å²) >= 11 is 0. The Bertz CT molecular complexity index is 414. The molecule has 2 rings (SSSR count). The van der Waals surface area contributed by atoms with Crippen molar-refractivity contribution in [2.75, 3.05) is 20.8 Å². The maximum Gasteiger partial charge on any atom is 0.124 e. The summed E-state index contributed by atoms with van der Waals surface area (Å²) in [6.45, 7) is 1.05. The first-order valence-corrected chi connectivity index (χ1v) is 7.38. The van der Waals surface area contributed by atoms with Gasteiger partial charge in [0.1, 0.15) is 11.5 Å². The Hall–Kier alpha value is -1.26. The third-order valence-corrected chi connectivity index (χ3v) is 3.97. The van der Waals surface area contributed by atoms with Gasteiger partial charge < -0.3 is 19.9 Å². The maximum absolute atomic E-state index is 10.5. The molecular weight excluding hydrogens is 254 g/mol. The molecule has 0 aliphatic carbocycles. The molecule has 0 saturated carbocycles. The van der Waals surface area contributed by atoms with Crippen LogP contribution in [-0.2, 0) is 0 Å². The number of rotatable bonds is 5. The van der Waals surface area contributed by atoms with Crippen LogP contribution in [0, 0.1) is 0 Å². The van der Waals surface area contributed by atoms with Crippen LogP contribution >= 0.6 is 0 Å². The molecule has 0 amide bonds. The topological polar surface area (TPSA) is 50.7 Å². The van der Waals surface area contributed by atoms with E-state index >= 15 is 0 Å². The first-order chi connectivity index (χ1) is 9.74. The number of hydrogen-bond acceptors (Lipinski definition) is 4. The number of benzene rings is 1. The van der Waals surface area contributed by atoms with E-state index in [2.05, 4.69) is 5.32 Å². The van der Waals surface area contributed by atoms with Gasteiger partial charge in [-0.15, -0.1) is 0 Å². The van der Waals surface area contributed by atoms with Gasteiger partial charge in [-0.3, -0.25) is 0 Å². The second-order valence-corrected chi connectivity index (χ2v) is 5.36. The van der Waals surface area contributed by atoms with E-state index in [1.807, 2.05) is 18.2 Å². The summed E-state index contributed by atoms with van der Waals surface area (Å²) in [5.74, 6) is 1.46. The Morgan fingerprint density at radius 1 is 1.25 bits per heavy atom. The number of aliphatic hydroxyl groups is 1. The lowest BCUT2D eigenvalue weighted by atomic mass is 9.98. The molecule has 112 valence electrons. The number of aliphatic hydroxyl groups excluding tert-OH is 1. The van der Waals surface area contributed by atoms with Crippen molar-refractivity contribution in [3.8, 4) is 11.5 Å². The van der Waals surface area contributed by atoms with Gasteiger partial charge in [-0.1, -0.05) is 12.8 Å². The third-order valence-electron chi connectivity index (χ3n) is 3.97. The number of nitrogens with one attached hydrogen (secondary N) is 1. The van der Waals surface area contributed by atoms with Crippen molar-refractivity contribution in [2.45, 2.75) is 44.2 Å². The largest absolute Gasteiger partial charge is 0.497 e. The van der Waals surface area contributed by atoms with Crippen LogP contribution in [0.1, 0.15) is 43.8 Å². The molecule has 1 saturated heterocycles.